The molecule has 1 rings (SSSR count). The van der Waals surface area contributed by atoms with Crippen molar-refractivity contribution < 1.29 is 9.50 Å². The predicted octanol–water partition coefficient (Wildman–Crippen LogP) is 4.40. The fraction of sp³-hybridized carbons (Fsp3) is 0.667. The highest BCUT2D eigenvalue weighted by atomic mass is 19.1. The summed E-state index contributed by atoms with van der Waals surface area (Å²) in [7, 11) is 0. The second kappa shape index (κ2) is 9.16. The van der Waals surface area contributed by atoms with Crippen LogP contribution in [-0.2, 0) is 0 Å². The molecule has 1 N–H and O–H groups in total. The minimum atomic E-state index is -0.519. The van der Waals surface area contributed by atoms with E-state index in [0.29, 0.717) is 18.4 Å². The molecule has 0 amide bonds. The van der Waals surface area contributed by atoms with Gasteiger partial charge in [0, 0.05) is 19.1 Å². The van der Waals surface area contributed by atoms with E-state index in [9.17, 15) is 9.50 Å². The van der Waals surface area contributed by atoms with Crippen LogP contribution in [-0.4, -0.2) is 29.1 Å². The lowest BCUT2D eigenvalue weighted by Gasteiger charge is -2.32. The third-order valence-electron chi connectivity index (χ3n) is 4.00. The molecule has 3 heteroatoms. The van der Waals surface area contributed by atoms with Crippen molar-refractivity contribution in [1.29, 1.82) is 0 Å². The molecule has 0 radical (unpaired) electrons. The van der Waals surface area contributed by atoms with Crippen molar-refractivity contribution in [2.24, 2.45) is 5.92 Å². The lowest BCUT2D eigenvalue weighted by atomic mass is 10.0. The standard InChI is InChI=1S/C18H30FNO/c1-5-17(6-2)20(13-14(3)4)12-11-18(21)15-7-9-16(19)10-8-15/h7-10,14,17-18,21H,5-6,11-13H2,1-4H3. The van der Waals surface area contributed by atoms with Crippen molar-refractivity contribution in [2.75, 3.05) is 13.1 Å². The average molecular weight is 295 g/mol. The fourth-order valence-corrected chi connectivity index (χ4v) is 2.84. The lowest BCUT2D eigenvalue weighted by Crippen LogP contribution is -2.38. The molecule has 0 bridgehead atoms. The summed E-state index contributed by atoms with van der Waals surface area (Å²) in [5, 5.41) is 10.3. The maximum absolute atomic E-state index is 12.9. The van der Waals surface area contributed by atoms with E-state index in [-0.39, 0.29) is 5.82 Å². The average Bonchev–Trinajstić information content (AvgIpc) is 2.45. The van der Waals surface area contributed by atoms with Gasteiger partial charge in [-0.25, -0.2) is 4.39 Å². The molecule has 2 nitrogen and oxygen atoms in total. The Morgan fingerprint density at radius 2 is 1.67 bits per heavy atom. The number of aliphatic hydroxyl groups excluding tert-OH is 1. The highest BCUT2D eigenvalue weighted by Gasteiger charge is 2.18. The van der Waals surface area contributed by atoms with Gasteiger partial charge in [0.1, 0.15) is 5.82 Å². The van der Waals surface area contributed by atoms with Crippen LogP contribution in [0.1, 0.15) is 58.6 Å². The Balaban J connectivity index is 2.60. The third-order valence-corrected chi connectivity index (χ3v) is 4.00. The number of benzene rings is 1. The van der Waals surface area contributed by atoms with E-state index in [1.54, 1.807) is 12.1 Å². The largest absolute Gasteiger partial charge is 0.388 e. The summed E-state index contributed by atoms with van der Waals surface area (Å²) < 4.78 is 12.9. The molecule has 0 saturated carbocycles. The minimum Gasteiger partial charge on any atom is -0.388 e. The second-order valence-electron chi connectivity index (χ2n) is 6.22. The van der Waals surface area contributed by atoms with Crippen molar-refractivity contribution in [2.45, 2.75) is 59.1 Å². The molecule has 1 aromatic rings. The van der Waals surface area contributed by atoms with Gasteiger partial charge in [0.25, 0.3) is 0 Å². The Morgan fingerprint density at radius 1 is 1.10 bits per heavy atom. The molecule has 0 aromatic heterocycles. The highest BCUT2D eigenvalue weighted by molar-refractivity contribution is 5.18. The smallest absolute Gasteiger partial charge is 0.123 e. The van der Waals surface area contributed by atoms with Crippen molar-refractivity contribution in [1.82, 2.24) is 4.90 Å². The molecule has 1 aromatic carbocycles. The van der Waals surface area contributed by atoms with Gasteiger partial charge in [0.05, 0.1) is 6.10 Å². The van der Waals surface area contributed by atoms with Crippen LogP contribution < -0.4 is 0 Å². The summed E-state index contributed by atoms with van der Waals surface area (Å²) in [6, 6.07) is 6.73. The van der Waals surface area contributed by atoms with Gasteiger partial charge in [0.2, 0.25) is 0 Å². The molecule has 21 heavy (non-hydrogen) atoms. The molecule has 1 atom stereocenters. The minimum absolute atomic E-state index is 0.260. The van der Waals surface area contributed by atoms with Crippen molar-refractivity contribution in [3.63, 3.8) is 0 Å². The summed E-state index contributed by atoms with van der Waals surface area (Å²) in [6.45, 7) is 10.8. The maximum Gasteiger partial charge on any atom is 0.123 e. The zero-order chi connectivity index (χ0) is 15.8. The van der Waals surface area contributed by atoms with E-state index in [4.69, 9.17) is 0 Å². The van der Waals surface area contributed by atoms with Gasteiger partial charge in [-0.1, -0.05) is 39.8 Å². The summed E-state index contributed by atoms with van der Waals surface area (Å²) >= 11 is 0. The van der Waals surface area contributed by atoms with Crippen LogP contribution in [0, 0.1) is 11.7 Å². The SMILES string of the molecule is CCC(CC)N(CCC(O)c1ccc(F)cc1)CC(C)C. The monoisotopic (exact) mass is 295 g/mol. The molecule has 120 valence electrons. The lowest BCUT2D eigenvalue weighted by molar-refractivity contribution is 0.111. The topological polar surface area (TPSA) is 23.5 Å². The van der Waals surface area contributed by atoms with Crippen LogP contribution >= 0.6 is 0 Å². The van der Waals surface area contributed by atoms with E-state index < -0.39 is 6.10 Å². The van der Waals surface area contributed by atoms with E-state index >= 15 is 0 Å². The van der Waals surface area contributed by atoms with Gasteiger partial charge in [-0.3, -0.25) is 0 Å². The molecule has 0 aliphatic rings. The summed E-state index contributed by atoms with van der Waals surface area (Å²) in [5.41, 5.74) is 0.797. The van der Waals surface area contributed by atoms with Crippen LogP contribution in [0.5, 0.6) is 0 Å². The van der Waals surface area contributed by atoms with Crippen LogP contribution in [0.2, 0.25) is 0 Å². The Bertz CT molecular complexity index is 387. The first-order valence-corrected chi connectivity index (χ1v) is 8.15. The molecular formula is C18H30FNO. The summed E-state index contributed by atoms with van der Waals surface area (Å²) in [4.78, 5) is 2.48. The number of halogens is 1. The van der Waals surface area contributed by atoms with Gasteiger partial charge < -0.3 is 10.0 Å². The van der Waals surface area contributed by atoms with Gasteiger partial charge in [-0.05, 0) is 42.9 Å². The van der Waals surface area contributed by atoms with E-state index in [1.165, 1.54) is 12.1 Å². The van der Waals surface area contributed by atoms with Crippen molar-refractivity contribution in [3.05, 3.63) is 35.6 Å². The Labute approximate surface area is 129 Å². The number of hydrogen-bond donors (Lipinski definition) is 1. The van der Waals surface area contributed by atoms with Crippen molar-refractivity contribution in [3.8, 4) is 0 Å². The summed E-state index contributed by atoms with van der Waals surface area (Å²) in [5.74, 6) is 0.359. The zero-order valence-electron chi connectivity index (χ0n) is 13.8. The Morgan fingerprint density at radius 3 is 2.14 bits per heavy atom. The maximum atomic E-state index is 12.9. The van der Waals surface area contributed by atoms with E-state index in [0.717, 1.165) is 31.5 Å². The van der Waals surface area contributed by atoms with E-state index in [2.05, 4.69) is 32.6 Å². The molecule has 0 aliphatic heterocycles. The number of hydrogen-bond acceptors (Lipinski definition) is 2. The van der Waals surface area contributed by atoms with Crippen LogP contribution in [0.3, 0.4) is 0 Å². The molecule has 0 heterocycles. The van der Waals surface area contributed by atoms with E-state index in [1.807, 2.05) is 0 Å². The van der Waals surface area contributed by atoms with Crippen LogP contribution in [0.15, 0.2) is 24.3 Å². The first-order valence-electron chi connectivity index (χ1n) is 8.15. The number of rotatable bonds is 9. The fourth-order valence-electron chi connectivity index (χ4n) is 2.84. The van der Waals surface area contributed by atoms with Crippen LogP contribution in [0.4, 0.5) is 4.39 Å². The number of nitrogens with zero attached hydrogens (tertiary/aromatic N) is 1. The van der Waals surface area contributed by atoms with Gasteiger partial charge >= 0.3 is 0 Å². The molecule has 1 unspecified atom stereocenters. The normalized spacial score (nSPS) is 13.4. The van der Waals surface area contributed by atoms with Crippen molar-refractivity contribution >= 4 is 0 Å². The number of aliphatic hydroxyl groups is 1. The molecule has 0 spiro atoms. The van der Waals surface area contributed by atoms with Gasteiger partial charge in [-0.2, -0.15) is 0 Å². The first kappa shape index (κ1) is 18.1. The van der Waals surface area contributed by atoms with Gasteiger partial charge in [0.15, 0.2) is 0 Å². The molecule has 0 saturated heterocycles. The molecule has 0 aliphatic carbocycles. The first-order chi connectivity index (χ1) is 9.97. The Hall–Kier alpha value is -0.930. The highest BCUT2D eigenvalue weighted by Crippen LogP contribution is 2.20. The zero-order valence-corrected chi connectivity index (χ0v) is 13.8. The third kappa shape index (κ3) is 6.15. The van der Waals surface area contributed by atoms with Crippen LogP contribution in [0.25, 0.3) is 0 Å². The van der Waals surface area contributed by atoms with Gasteiger partial charge in [-0.15, -0.1) is 0 Å². The predicted molar refractivity (Wildman–Crippen MR) is 86.8 cm³/mol. The summed E-state index contributed by atoms with van der Waals surface area (Å²) in [6.07, 6.45) is 2.44. The quantitative estimate of drug-likeness (QED) is 0.730. The molecular weight excluding hydrogens is 265 g/mol. The second-order valence-corrected chi connectivity index (χ2v) is 6.22. The Kier molecular flexibility index (Phi) is 7.91. The molecule has 0 fully saturated rings.